The topological polar surface area (TPSA) is 87.7 Å². The second kappa shape index (κ2) is 6.19. The average molecular weight is 264 g/mol. The highest BCUT2D eigenvalue weighted by Crippen LogP contribution is 2.18. The highest BCUT2D eigenvalue weighted by molar-refractivity contribution is 5.91. The molecule has 1 heterocycles. The molecule has 0 atom stereocenters. The second-order valence-corrected chi connectivity index (χ2v) is 4.49. The maximum absolute atomic E-state index is 11.7. The number of ether oxygens (including phenoxy) is 1. The first-order chi connectivity index (χ1) is 9.13. The van der Waals surface area contributed by atoms with Gasteiger partial charge in [-0.25, -0.2) is 4.79 Å². The molecule has 102 valence electrons. The number of hydrogen-bond acceptors (Lipinski definition) is 4. The van der Waals surface area contributed by atoms with Crippen LogP contribution in [0.2, 0.25) is 0 Å². The van der Waals surface area contributed by atoms with Crippen molar-refractivity contribution in [2.75, 3.05) is 25.0 Å². The Morgan fingerprint density at radius 1 is 1.42 bits per heavy atom. The van der Waals surface area contributed by atoms with Crippen molar-refractivity contribution in [3.63, 3.8) is 0 Å². The van der Waals surface area contributed by atoms with Crippen molar-refractivity contribution < 1.29 is 19.4 Å². The van der Waals surface area contributed by atoms with Crippen molar-refractivity contribution in [2.24, 2.45) is 5.92 Å². The molecule has 1 saturated heterocycles. The number of amides is 1. The van der Waals surface area contributed by atoms with E-state index >= 15 is 0 Å². The Balaban J connectivity index is 1.86. The molecule has 1 aromatic rings. The van der Waals surface area contributed by atoms with Crippen LogP contribution in [0.4, 0.5) is 5.69 Å². The van der Waals surface area contributed by atoms with E-state index in [0.717, 1.165) is 13.1 Å². The Labute approximate surface area is 110 Å². The van der Waals surface area contributed by atoms with Gasteiger partial charge in [-0.15, -0.1) is 0 Å². The third kappa shape index (κ3) is 4.26. The van der Waals surface area contributed by atoms with E-state index in [1.807, 2.05) is 0 Å². The first kappa shape index (κ1) is 13.4. The van der Waals surface area contributed by atoms with Crippen molar-refractivity contribution in [1.82, 2.24) is 5.32 Å². The molecule has 6 nitrogen and oxygen atoms in total. The lowest BCUT2D eigenvalue weighted by Crippen LogP contribution is -2.43. The third-order valence-corrected chi connectivity index (χ3v) is 2.82. The van der Waals surface area contributed by atoms with Crippen LogP contribution in [0.15, 0.2) is 24.3 Å². The molecular formula is C13H16N2O4. The number of rotatable bonds is 6. The van der Waals surface area contributed by atoms with Gasteiger partial charge in [0.2, 0.25) is 5.91 Å². The predicted octanol–water partition coefficient (Wildman–Crippen LogP) is 0.698. The summed E-state index contributed by atoms with van der Waals surface area (Å²) in [4.78, 5) is 22.1. The first-order valence-corrected chi connectivity index (χ1v) is 6.08. The monoisotopic (exact) mass is 264 g/mol. The Bertz CT molecular complexity index is 471. The summed E-state index contributed by atoms with van der Waals surface area (Å²) < 4.78 is 5.04. The fourth-order valence-corrected chi connectivity index (χ4v) is 1.78. The van der Waals surface area contributed by atoms with Crippen LogP contribution in [-0.2, 0) is 9.59 Å². The molecular weight excluding hydrogens is 248 g/mol. The first-order valence-electron chi connectivity index (χ1n) is 6.08. The SMILES string of the molecule is O=C(O)COc1cccc(NC(=O)CC2CNC2)c1. The average Bonchev–Trinajstić information content (AvgIpc) is 2.32. The molecule has 2 rings (SSSR count). The van der Waals surface area contributed by atoms with Gasteiger partial charge >= 0.3 is 5.97 Å². The van der Waals surface area contributed by atoms with E-state index in [0.29, 0.717) is 23.8 Å². The minimum atomic E-state index is -1.04. The number of carboxylic acid groups (broad SMARTS) is 1. The van der Waals surface area contributed by atoms with Crippen LogP contribution in [0.25, 0.3) is 0 Å². The molecule has 1 aromatic carbocycles. The molecule has 19 heavy (non-hydrogen) atoms. The second-order valence-electron chi connectivity index (χ2n) is 4.49. The number of nitrogens with one attached hydrogen (secondary N) is 2. The van der Waals surface area contributed by atoms with Gasteiger partial charge in [-0.05, 0) is 31.1 Å². The maximum Gasteiger partial charge on any atom is 0.341 e. The van der Waals surface area contributed by atoms with E-state index in [2.05, 4.69) is 10.6 Å². The van der Waals surface area contributed by atoms with Crippen LogP contribution < -0.4 is 15.4 Å². The van der Waals surface area contributed by atoms with Crippen LogP contribution in [0.1, 0.15) is 6.42 Å². The molecule has 1 fully saturated rings. The van der Waals surface area contributed by atoms with E-state index in [9.17, 15) is 9.59 Å². The zero-order valence-electron chi connectivity index (χ0n) is 10.4. The molecule has 3 N–H and O–H groups in total. The van der Waals surface area contributed by atoms with Gasteiger partial charge in [0.1, 0.15) is 5.75 Å². The number of carboxylic acids is 1. The van der Waals surface area contributed by atoms with Gasteiger partial charge in [-0.2, -0.15) is 0 Å². The predicted molar refractivity (Wildman–Crippen MR) is 69.2 cm³/mol. The lowest BCUT2D eigenvalue weighted by Gasteiger charge is -2.26. The zero-order chi connectivity index (χ0) is 13.7. The molecule has 0 spiro atoms. The van der Waals surface area contributed by atoms with Crippen LogP contribution in [0, 0.1) is 5.92 Å². The highest BCUT2D eigenvalue weighted by atomic mass is 16.5. The maximum atomic E-state index is 11.7. The van der Waals surface area contributed by atoms with Gasteiger partial charge in [0.15, 0.2) is 6.61 Å². The summed E-state index contributed by atoms with van der Waals surface area (Å²) in [5.41, 5.74) is 0.611. The van der Waals surface area contributed by atoms with Gasteiger partial charge in [0.05, 0.1) is 0 Å². The number of hydrogen-bond donors (Lipinski definition) is 3. The van der Waals surface area contributed by atoms with Crippen LogP contribution in [-0.4, -0.2) is 36.7 Å². The Kier molecular flexibility index (Phi) is 4.35. The van der Waals surface area contributed by atoms with Gasteiger partial charge in [0.25, 0.3) is 0 Å². The van der Waals surface area contributed by atoms with E-state index < -0.39 is 12.6 Å². The molecule has 1 aliphatic heterocycles. The lowest BCUT2D eigenvalue weighted by molar-refractivity contribution is -0.139. The molecule has 6 heteroatoms. The summed E-state index contributed by atoms with van der Waals surface area (Å²) in [7, 11) is 0. The standard InChI is InChI=1S/C13H16N2O4/c16-12(4-9-6-14-7-9)15-10-2-1-3-11(5-10)19-8-13(17)18/h1-3,5,9,14H,4,6-8H2,(H,15,16)(H,17,18). The number of benzene rings is 1. The van der Waals surface area contributed by atoms with Crippen LogP contribution in [0.5, 0.6) is 5.75 Å². The summed E-state index contributed by atoms with van der Waals surface area (Å²) >= 11 is 0. The molecule has 0 unspecified atom stereocenters. The summed E-state index contributed by atoms with van der Waals surface area (Å²) in [6.45, 7) is 1.37. The smallest absolute Gasteiger partial charge is 0.341 e. The van der Waals surface area contributed by atoms with Crippen molar-refractivity contribution >= 4 is 17.6 Å². The highest BCUT2D eigenvalue weighted by Gasteiger charge is 2.20. The van der Waals surface area contributed by atoms with Crippen molar-refractivity contribution in [3.8, 4) is 5.75 Å². The summed E-state index contributed by atoms with van der Waals surface area (Å²) in [5.74, 6) is -0.245. The zero-order valence-corrected chi connectivity index (χ0v) is 10.4. The largest absolute Gasteiger partial charge is 0.482 e. The fourth-order valence-electron chi connectivity index (χ4n) is 1.78. The Morgan fingerprint density at radius 2 is 2.21 bits per heavy atom. The molecule has 0 radical (unpaired) electrons. The van der Waals surface area contributed by atoms with Crippen molar-refractivity contribution in [3.05, 3.63) is 24.3 Å². The Morgan fingerprint density at radius 3 is 2.84 bits per heavy atom. The van der Waals surface area contributed by atoms with Crippen molar-refractivity contribution in [1.29, 1.82) is 0 Å². The van der Waals surface area contributed by atoms with E-state index in [1.54, 1.807) is 24.3 Å². The van der Waals surface area contributed by atoms with E-state index in [4.69, 9.17) is 9.84 Å². The van der Waals surface area contributed by atoms with Gasteiger partial charge in [0, 0.05) is 18.2 Å². The van der Waals surface area contributed by atoms with E-state index in [1.165, 1.54) is 0 Å². The summed E-state index contributed by atoms with van der Waals surface area (Å²) in [6, 6.07) is 6.70. The molecule has 0 aromatic heterocycles. The number of carbonyl (C=O) groups excluding carboxylic acids is 1. The normalized spacial score (nSPS) is 14.5. The third-order valence-electron chi connectivity index (χ3n) is 2.82. The summed E-state index contributed by atoms with van der Waals surface area (Å²) in [6.07, 6.45) is 0.493. The number of anilines is 1. The minimum absolute atomic E-state index is 0.0399. The minimum Gasteiger partial charge on any atom is -0.482 e. The molecule has 1 amide bonds. The molecule has 1 aliphatic rings. The fraction of sp³-hybridized carbons (Fsp3) is 0.385. The molecule has 0 bridgehead atoms. The number of aliphatic carboxylic acids is 1. The quantitative estimate of drug-likeness (QED) is 0.704. The molecule has 0 aliphatic carbocycles. The number of carbonyl (C=O) groups is 2. The van der Waals surface area contributed by atoms with Gasteiger partial charge in [-0.3, -0.25) is 4.79 Å². The Hall–Kier alpha value is -2.08. The van der Waals surface area contributed by atoms with Crippen LogP contribution >= 0.6 is 0 Å². The van der Waals surface area contributed by atoms with Gasteiger partial charge in [-0.1, -0.05) is 6.07 Å². The van der Waals surface area contributed by atoms with E-state index in [-0.39, 0.29) is 5.91 Å². The van der Waals surface area contributed by atoms with Crippen molar-refractivity contribution in [2.45, 2.75) is 6.42 Å². The molecule has 0 saturated carbocycles. The lowest BCUT2D eigenvalue weighted by atomic mass is 9.99. The van der Waals surface area contributed by atoms with Crippen LogP contribution in [0.3, 0.4) is 0 Å². The van der Waals surface area contributed by atoms with Gasteiger partial charge < -0.3 is 20.5 Å². The summed E-state index contributed by atoms with van der Waals surface area (Å²) in [5, 5.41) is 14.4.